The Morgan fingerprint density at radius 1 is 0.950 bits per heavy atom. The Labute approximate surface area is 352 Å². The number of unbranched alkanes of at least 4 members (excludes halogenated alkanes) is 2. The molecule has 60 heavy (non-hydrogen) atoms. The van der Waals surface area contributed by atoms with Gasteiger partial charge >= 0.3 is 6.09 Å². The van der Waals surface area contributed by atoms with E-state index >= 15 is 0 Å². The zero-order chi connectivity index (χ0) is 42.1. The monoisotopic (exact) mass is 815 g/mol. The minimum atomic E-state index is -1.41. The highest BCUT2D eigenvalue weighted by atomic mass is 16.7. The van der Waals surface area contributed by atoms with E-state index in [1.807, 2.05) is 91.9 Å². The molecule has 6 unspecified atom stereocenters. The number of amides is 2. The molecule has 1 saturated carbocycles. The maximum absolute atomic E-state index is 14.8. The van der Waals surface area contributed by atoms with Crippen LogP contribution in [-0.2, 0) is 16.2 Å². The summed E-state index contributed by atoms with van der Waals surface area (Å²) in [4.78, 5) is 35.5. The van der Waals surface area contributed by atoms with Crippen molar-refractivity contribution in [2.45, 2.75) is 76.2 Å². The van der Waals surface area contributed by atoms with E-state index in [0.717, 1.165) is 53.2 Å². The maximum Gasteiger partial charge on any atom is 0.412 e. The summed E-state index contributed by atoms with van der Waals surface area (Å²) in [5.41, 5.74) is 3.99. The molecular formula is C49H57N3O8. The summed E-state index contributed by atoms with van der Waals surface area (Å²) in [6.07, 6.45) is 8.20. The third-order valence-electron chi connectivity index (χ3n) is 12.2. The van der Waals surface area contributed by atoms with E-state index < -0.39 is 23.8 Å². The molecule has 0 bridgehead atoms. The van der Waals surface area contributed by atoms with E-state index in [-0.39, 0.29) is 56.5 Å². The van der Waals surface area contributed by atoms with Gasteiger partial charge in [-0.05, 0) is 96.7 Å². The van der Waals surface area contributed by atoms with Crippen molar-refractivity contribution >= 4 is 28.5 Å². The molecule has 0 saturated heterocycles. The van der Waals surface area contributed by atoms with Crippen LogP contribution in [0, 0.1) is 17.8 Å². The molecule has 3 N–H and O–H groups in total. The van der Waals surface area contributed by atoms with Gasteiger partial charge in [0, 0.05) is 50.3 Å². The van der Waals surface area contributed by atoms with Gasteiger partial charge < -0.3 is 39.5 Å². The summed E-state index contributed by atoms with van der Waals surface area (Å²) in [5, 5.41) is 29.4. The summed E-state index contributed by atoms with van der Waals surface area (Å²) in [6.45, 7) is 6.83. The van der Waals surface area contributed by atoms with E-state index in [9.17, 15) is 19.8 Å². The molecule has 11 nitrogen and oxygen atoms in total. The number of likely N-dealkylation sites (N-methyl/N-ethyl adjacent to an activating group) is 1. The zero-order valence-electron chi connectivity index (χ0n) is 34.6. The number of fused-ring (bicyclic) bond motifs is 3. The topological polar surface area (TPSA) is 139 Å². The molecule has 3 aliphatic rings. The van der Waals surface area contributed by atoms with E-state index in [4.69, 9.17) is 24.2 Å². The van der Waals surface area contributed by atoms with Gasteiger partial charge in [0.25, 0.3) is 5.91 Å². The molecule has 6 atom stereocenters. The van der Waals surface area contributed by atoms with Crippen LogP contribution in [0.4, 0.5) is 4.79 Å². The van der Waals surface area contributed by atoms with Gasteiger partial charge in [0.2, 0.25) is 5.79 Å². The van der Waals surface area contributed by atoms with Crippen molar-refractivity contribution in [1.82, 2.24) is 10.2 Å². The number of aliphatic hydroxyl groups excluding tert-OH is 2. The third kappa shape index (κ3) is 8.99. The number of ether oxygens (including phenoxy) is 3. The number of nitrogens with zero attached hydrogens (tertiary/aromatic N) is 2. The maximum atomic E-state index is 14.8. The molecule has 4 aromatic carbocycles. The van der Waals surface area contributed by atoms with Crippen LogP contribution in [0.25, 0.3) is 10.8 Å². The van der Waals surface area contributed by atoms with Gasteiger partial charge in [0.1, 0.15) is 24.1 Å². The Morgan fingerprint density at radius 2 is 1.70 bits per heavy atom. The smallest absolute Gasteiger partial charge is 0.412 e. The number of carbonyl (C=O) groups is 2. The molecule has 1 heterocycles. The Bertz CT molecular complexity index is 2190. The molecule has 1 fully saturated rings. The van der Waals surface area contributed by atoms with Crippen LogP contribution in [0.2, 0.25) is 0 Å². The summed E-state index contributed by atoms with van der Waals surface area (Å²) in [6, 6.07) is 28.3. The second-order valence-electron chi connectivity index (χ2n) is 15.9. The number of rotatable bonds is 18. The summed E-state index contributed by atoms with van der Waals surface area (Å²) in [7, 11) is 1.80. The number of nitrogens with one attached hydrogen (secondary N) is 1. The molecule has 2 amide bonds. The van der Waals surface area contributed by atoms with Crippen molar-refractivity contribution in [3.05, 3.63) is 132 Å². The molecule has 11 heteroatoms. The van der Waals surface area contributed by atoms with Crippen molar-refractivity contribution in [2.24, 2.45) is 22.9 Å². The fourth-order valence-corrected chi connectivity index (χ4v) is 9.51. The first-order chi connectivity index (χ1) is 29.3. The Hall–Kier alpha value is -5.49. The number of hydrogen-bond donors (Lipinski definition) is 3. The number of benzene rings is 4. The van der Waals surface area contributed by atoms with Gasteiger partial charge in [-0.25, -0.2) is 4.79 Å². The van der Waals surface area contributed by atoms with E-state index in [1.54, 1.807) is 24.1 Å². The molecule has 4 aromatic rings. The highest BCUT2D eigenvalue weighted by Crippen LogP contribution is 2.62. The van der Waals surface area contributed by atoms with Gasteiger partial charge in [-0.2, -0.15) is 0 Å². The Kier molecular flexibility index (Phi) is 14.0. The predicted octanol–water partition coefficient (Wildman–Crippen LogP) is 8.55. The van der Waals surface area contributed by atoms with Gasteiger partial charge in [-0.3, -0.25) is 4.79 Å². The first-order valence-electron chi connectivity index (χ1n) is 21.3. The highest BCUT2D eigenvalue weighted by molar-refractivity contribution is 6.04. The average molecular weight is 816 g/mol. The second-order valence-corrected chi connectivity index (χ2v) is 15.9. The minimum Gasteiger partial charge on any atom is -0.459 e. The molecule has 316 valence electrons. The Morgan fingerprint density at radius 3 is 2.45 bits per heavy atom. The van der Waals surface area contributed by atoms with Gasteiger partial charge in [0.15, 0.2) is 0 Å². The Balaban J connectivity index is 1.42. The molecule has 7 rings (SSSR count). The lowest BCUT2D eigenvalue weighted by molar-refractivity contribution is -0.252. The number of oxime groups is 1. The third-order valence-corrected chi connectivity index (χ3v) is 12.2. The average Bonchev–Trinajstić information content (AvgIpc) is 3.27. The van der Waals surface area contributed by atoms with Crippen LogP contribution in [-0.4, -0.2) is 78.1 Å². The van der Waals surface area contributed by atoms with Crippen LogP contribution >= 0.6 is 0 Å². The fourth-order valence-electron chi connectivity index (χ4n) is 9.51. The van der Waals surface area contributed by atoms with Crippen molar-refractivity contribution in [1.29, 1.82) is 0 Å². The van der Waals surface area contributed by atoms with Crippen LogP contribution < -0.4 is 14.8 Å². The van der Waals surface area contributed by atoms with E-state index in [2.05, 4.69) is 18.0 Å². The molecule has 1 aliphatic heterocycles. The SMILES string of the molecule is C=CCOC12Oc3ccc(OC(=O)NCC)cc3C3C(CCCCO)C(CCCCO)C=C(C(=NOCc4ccccc4)CC1N(C)C(=O)c1ccc4ccccc4c1)C32. The molecule has 2 aliphatic carbocycles. The standard InChI is InChI=1S/C49H57N3O8/c1-4-27-57-49-44(52(3)47(55)37-22-21-34-17-9-10-18-35(34)28-37)31-42(51-58-32-33-15-7-6-8-16-33)40-29-36(19-11-13-25-53)39(20-12-14-26-54)45(46(40)49)41-30-38(23-24-43(41)60-49)59-48(56)50-5-2/h4,6-10,15-18,21-24,28-30,36,39,44-46,53-54H,1,5,11-14,19-20,25-27,31-32H2,2-3H3,(H,50,56). The molecule has 0 spiro atoms. The second kappa shape index (κ2) is 19.7. The first kappa shape index (κ1) is 42.6. The number of carbonyl (C=O) groups excluding carboxylic acids is 2. The number of aliphatic hydroxyl groups is 2. The number of hydrogen-bond acceptors (Lipinski definition) is 9. The lowest BCUT2D eigenvalue weighted by Gasteiger charge is -2.59. The lowest BCUT2D eigenvalue weighted by atomic mass is 9.55. The van der Waals surface area contributed by atoms with Crippen LogP contribution in [0.15, 0.2) is 120 Å². The van der Waals surface area contributed by atoms with Crippen molar-refractivity contribution < 1.29 is 38.9 Å². The lowest BCUT2D eigenvalue weighted by Crippen LogP contribution is -2.69. The largest absolute Gasteiger partial charge is 0.459 e. The highest BCUT2D eigenvalue weighted by Gasteiger charge is 2.65. The quantitative estimate of drug-likeness (QED) is 0.0516. The van der Waals surface area contributed by atoms with E-state index in [1.165, 1.54) is 0 Å². The van der Waals surface area contributed by atoms with Crippen molar-refractivity contribution in [3.63, 3.8) is 0 Å². The van der Waals surface area contributed by atoms with Crippen LogP contribution in [0.1, 0.15) is 79.3 Å². The summed E-state index contributed by atoms with van der Waals surface area (Å²) in [5.74, 6) is -1.35. The van der Waals surface area contributed by atoms with Gasteiger partial charge in [-0.1, -0.05) is 90.8 Å². The van der Waals surface area contributed by atoms with Gasteiger partial charge in [-0.15, -0.1) is 6.58 Å². The van der Waals surface area contributed by atoms with Crippen molar-refractivity contribution in [2.75, 3.05) is 33.4 Å². The van der Waals surface area contributed by atoms with E-state index in [0.29, 0.717) is 42.2 Å². The van der Waals surface area contributed by atoms with Crippen LogP contribution in [0.5, 0.6) is 11.5 Å². The number of allylic oxidation sites excluding steroid dienone is 1. The fraction of sp³-hybridized carbons (Fsp3) is 0.408. The summed E-state index contributed by atoms with van der Waals surface area (Å²) >= 11 is 0. The minimum absolute atomic E-state index is 0.0183. The first-order valence-corrected chi connectivity index (χ1v) is 21.3. The van der Waals surface area contributed by atoms with Gasteiger partial charge in [0.05, 0.1) is 18.2 Å². The molecule has 0 radical (unpaired) electrons. The normalized spacial score (nSPS) is 23.4. The van der Waals surface area contributed by atoms with Crippen molar-refractivity contribution in [3.8, 4) is 11.5 Å². The van der Waals surface area contributed by atoms with Crippen LogP contribution in [0.3, 0.4) is 0 Å². The molecule has 0 aromatic heterocycles. The predicted molar refractivity (Wildman–Crippen MR) is 232 cm³/mol. The molecular weight excluding hydrogens is 759 g/mol. The zero-order valence-corrected chi connectivity index (χ0v) is 34.6. The summed E-state index contributed by atoms with van der Waals surface area (Å²) < 4.78 is 20.1.